The predicted molar refractivity (Wildman–Crippen MR) is 85.4 cm³/mol. The van der Waals surface area contributed by atoms with Gasteiger partial charge in [-0.05, 0) is 42.0 Å². The number of benzene rings is 1. The van der Waals surface area contributed by atoms with Gasteiger partial charge in [0.2, 0.25) is 0 Å². The van der Waals surface area contributed by atoms with Crippen molar-refractivity contribution in [2.24, 2.45) is 0 Å². The number of nitrogens with zero attached hydrogens (tertiary/aromatic N) is 2. The molecule has 4 rings (SSSR count). The number of carbonyl (C=O) groups is 1. The van der Waals surface area contributed by atoms with Gasteiger partial charge >= 0.3 is 0 Å². The van der Waals surface area contributed by atoms with Crippen molar-refractivity contribution in [2.75, 3.05) is 11.9 Å². The monoisotopic (exact) mass is 306 g/mol. The summed E-state index contributed by atoms with van der Waals surface area (Å²) >= 11 is 0. The molecule has 114 valence electrons. The Morgan fingerprint density at radius 1 is 1.17 bits per heavy atom. The fourth-order valence-electron chi connectivity index (χ4n) is 2.57. The van der Waals surface area contributed by atoms with Crippen LogP contribution in [0.5, 0.6) is 5.75 Å². The highest BCUT2D eigenvalue weighted by Crippen LogP contribution is 2.29. The van der Waals surface area contributed by atoms with Gasteiger partial charge in [-0.2, -0.15) is 5.10 Å². The van der Waals surface area contributed by atoms with Crippen molar-refractivity contribution in [3.8, 4) is 17.0 Å². The highest BCUT2D eigenvalue weighted by Gasteiger charge is 2.15. The van der Waals surface area contributed by atoms with E-state index in [9.17, 15) is 4.79 Å². The molecule has 1 aliphatic rings. The lowest BCUT2D eigenvalue weighted by atomic mass is 10.1. The summed E-state index contributed by atoms with van der Waals surface area (Å²) in [5, 5.41) is 9.81. The van der Waals surface area contributed by atoms with Crippen molar-refractivity contribution in [1.29, 1.82) is 0 Å². The number of rotatable bonds is 3. The molecule has 1 aliphatic heterocycles. The van der Waals surface area contributed by atoms with Crippen LogP contribution in [0.4, 0.5) is 5.69 Å². The van der Waals surface area contributed by atoms with Crippen LogP contribution in [0, 0.1) is 0 Å². The van der Waals surface area contributed by atoms with Gasteiger partial charge in [0.25, 0.3) is 5.91 Å². The van der Waals surface area contributed by atoms with E-state index in [2.05, 4.69) is 26.6 Å². The molecule has 2 aromatic heterocycles. The molecular weight excluding hydrogens is 292 g/mol. The highest BCUT2D eigenvalue weighted by molar-refractivity contribution is 6.03. The van der Waals surface area contributed by atoms with Crippen LogP contribution >= 0.6 is 0 Å². The normalized spacial score (nSPS) is 12.5. The van der Waals surface area contributed by atoms with Crippen molar-refractivity contribution < 1.29 is 9.53 Å². The van der Waals surface area contributed by atoms with Gasteiger partial charge in [0.1, 0.15) is 11.4 Å². The molecule has 1 amide bonds. The lowest BCUT2D eigenvalue weighted by Crippen LogP contribution is -2.12. The van der Waals surface area contributed by atoms with Crippen molar-refractivity contribution in [1.82, 2.24) is 15.2 Å². The van der Waals surface area contributed by atoms with Gasteiger partial charge in [0.15, 0.2) is 0 Å². The van der Waals surface area contributed by atoms with Gasteiger partial charge in [-0.25, -0.2) is 0 Å². The van der Waals surface area contributed by atoms with Crippen molar-refractivity contribution in [3.05, 3.63) is 60.0 Å². The SMILES string of the molecule is O=C(Nc1ccncc1)c1cc(-c2ccc3c(c2)CCO3)n[nH]1. The number of hydrogen-bond acceptors (Lipinski definition) is 4. The summed E-state index contributed by atoms with van der Waals surface area (Å²) < 4.78 is 5.50. The maximum Gasteiger partial charge on any atom is 0.273 e. The standard InChI is InChI=1S/C17H14N4O2/c22-17(19-13-3-6-18-7-4-13)15-10-14(20-21-15)11-1-2-16-12(9-11)5-8-23-16/h1-4,6-7,9-10H,5,8H2,(H,20,21)(H,18,19,22). The van der Waals surface area contributed by atoms with Gasteiger partial charge in [-0.1, -0.05) is 0 Å². The third kappa shape index (κ3) is 2.66. The molecule has 23 heavy (non-hydrogen) atoms. The van der Waals surface area contributed by atoms with Gasteiger partial charge in [0, 0.05) is 30.1 Å². The first-order chi connectivity index (χ1) is 11.3. The fourth-order valence-corrected chi connectivity index (χ4v) is 2.57. The number of pyridine rings is 1. The number of nitrogens with one attached hydrogen (secondary N) is 2. The van der Waals surface area contributed by atoms with Crippen LogP contribution in [0.25, 0.3) is 11.3 Å². The van der Waals surface area contributed by atoms with Gasteiger partial charge in [0.05, 0.1) is 12.3 Å². The quantitative estimate of drug-likeness (QED) is 0.779. The van der Waals surface area contributed by atoms with E-state index >= 15 is 0 Å². The number of carbonyl (C=O) groups excluding carboxylic acids is 1. The molecule has 6 heteroatoms. The van der Waals surface area contributed by atoms with Crippen LogP contribution in [-0.2, 0) is 6.42 Å². The summed E-state index contributed by atoms with van der Waals surface area (Å²) in [5.74, 6) is 0.694. The molecule has 3 aromatic rings. The van der Waals surface area contributed by atoms with Crippen LogP contribution in [0.15, 0.2) is 48.8 Å². The van der Waals surface area contributed by atoms with E-state index in [1.165, 1.54) is 5.56 Å². The molecule has 0 saturated heterocycles. The summed E-state index contributed by atoms with van der Waals surface area (Å²) in [4.78, 5) is 16.1. The maximum atomic E-state index is 12.2. The number of fused-ring (bicyclic) bond motifs is 1. The van der Waals surface area contributed by atoms with Crippen LogP contribution in [-0.4, -0.2) is 27.7 Å². The average molecular weight is 306 g/mol. The van der Waals surface area contributed by atoms with Gasteiger partial charge in [-0.15, -0.1) is 0 Å². The summed E-state index contributed by atoms with van der Waals surface area (Å²) in [5.41, 5.74) is 3.98. The van der Waals surface area contributed by atoms with E-state index in [1.807, 2.05) is 12.1 Å². The molecule has 0 radical (unpaired) electrons. The second kappa shape index (κ2) is 5.57. The zero-order valence-corrected chi connectivity index (χ0v) is 12.2. The Morgan fingerprint density at radius 3 is 2.91 bits per heavy atom. The molecular formula is C17H14N4O2. The minimum atomic E-state index is -0.237. The Hall–Kier alpha value is -3.15. The second-order valence-corrected chi connectivity index (χ2v) is 5.28. The van der Waals surface area contributed by atoms with Crippen molar-refractivity contribution in [3.63, 3.8) is 0 Å². The molecule has 0 spiro atoms. The highest BCUT2D eigenvalue weighted by atomic mass is 16.5. The van der Waals surface area contributed by atoms with E-state index in [4.69, 9.17) is 4.74 Å². The molecule has 0 aliphatic carbocycles. The fraction of sp³-hybridized carbons (Fsp3) is 0.118. The average Bonchev–Trinajstić information content (AvgIpc) is 3.24. The molecule has 3 heterocycles. The Bertz CT molecular complexity index is 858. The third-order valence-electron chi connectivity index (χ3n) is 3.75. The summed E-state index contributed by atoms with van der Waals surface area (Å²) in [6.07, 6.45) is 4.16. The molecule has 0 saturated carbocycles. The predicted octanol–water partition coefficient (Wildman–Crippen LogP) is 2.66. The maximum absolute atomic E-state index is 12.2. The Labute approximate surface area is 132 Å². The lowest BCUT2D eigenvalue weighted by molar-refractivity contribution is 0.102. The number of anilines is 1. The molecule has 2 N–H and O–H groups in total. The van der Waals surface area contributed by atoms with E-state index in [0.29, 0.717) is 11.4 Å². The molecule has 0 bridgehead atoms. The number of aromatic amines is 1. The molecule has 1 aromatic carbocycles. The third-order valence-corrected chi connectivity index (χ3v) is 3.75. The van der Waals surface area contributed by atoms with Crippen LogP contribution in [0.1, 0.15) is 16.1 Å². The molecule has 0 unspecified atom stereocenters. The Morgan fingerprint density at radius 2 is 2.04 bits per heavy atom. The molecule has 0 atom stereocenters. The van der Waals surface area contributed by atoms with Crippen molar-refractivity contribution >= 4 is 11.6 Å². The molecule has 6 nitrogen and oxygen atoms in total. The lowest BCUT2D eigenvalue weighted by Gasteiger charge is -2.02. The van der Waals surface area contributed by atoms with E-state index < -0.39 is 0 Å². The number of aromatic nitrogens is 3. The summed E-state index contributed by atoms with van der Waals surface area (Å²) in [6.45, 7) is 0.721. The topological polar surface area (TPSA) is 79.9 Å². The first kappa shape index (κ1) is 13.5. The van der Waals surface area contributed by atoms with Gasteiger partial charge in [-0.3, -0.25) is 14.9 Å². The first-order valence-electron chi connectivity index (χ1n) is 7.32. The summed E-state index contributed by atoms with van der Waals surface area (Å²) in [7, 11) is 0. The van der Waals surface area contributed by atoms with Crippen molar-refractivity contribution in [2.45, 2.75) is 6.42 Å². The number of hydrogen-bond donors (Lipinski definition) is 2. The van der Waals surface area contributed by atoms with E-state index in [-0.39, 0.29) is 5.91 Å². The van der Waals surface area contributed by atoms with Crippen LogP contribution in [0.2, 0.25) is 0 Å². The number of ether oxygens (including phenoxy) is 1. The second-order valence-electron chi connectivity index (χ2n) is 5.28. The first-order valence-corrected chi connectivity index (χ1v) is 7.32. The zero-order chi connectivity index (χ0) is 15.6. The van der Waals surface area contributed by atoms with E-state index in [1.54, 1.807) is 30.6 Å². The van der Waals surface area contributed by atoms with E-state index in [0.717, 1.165) is 30.0 Å². The van der Waals surface area contributed by atoms with Crippen LogP contribution < -0.4 is 10.1 Å². The number of H-pyrrole nitrogens is 1. The smallest absolute Gasteiger partial charge is 0.273 e. The largest absolute Gasteiger partial charge is 0.493 e. The summed E-state index contributed by atoms with van der Waals surface area (Å²) in [6, 6.07) is 11.2. The number of amides is 1. The minimum Gasteiger partial charge on any atom is -0.493 e. The Balaban J connectivity index is 1.56. The van der Waals surface area contributed by atoms with Gasteiger partial charge < -0.3 is 10.1 Å². The van der Waals surface area contributed by atoms with Crippen LogP contribution in [0.3, 0.4) is 0 Å². The zero-order valence-electron chi connectivity index (χ0n) is 12.2. The Kier molecular flexibility index (Phi) is 3.27. The minimum absolute atomic E-state index is 0.237. The molecule has 0 fully saturated rings.